The summed E-state index contributed by atoms with van der Waals surface area (Å²) < 4.78 is 22.5. The lowest BCUT2D eigenvalue weighted by Crippen LogP contribution is -1.97. The van der Waals surface area contributed by atoms with E-state index in [1.54, 1.807) is 0 Å². The first-order chi connectivity index (χ1) is 6.48. The number of halogens is 1. The van der Waals surface area contributed by atoms with Crippen LogP contribution in [-0.4, -0.2) is 29.9 Å². The van der Waals surface area contributed by atoms with Gasteiger partial charge in [0.1, 0.15) is 5.15 Å². The first-order valence-corrected chi connectivity index (χ1v) is 5.95. The number of rotatable bonds is 1. The Kier molecular flexibility index (Phi) is 1.97. The van der Waals surface area contributed by atoms with Crippen molar-refractivity contribution in [2.24, 2.45) is 0 Å². The van der Waals surface area contributed by atoms with Gasteiger partial charge in [-0.1, -0.05) is 11.6 Å². The van der Waals surface area contributed by atoms with Crippen molar-refractivity contribution in [1.82, 2.24) is 15.2 Å². The number of hydrogen-bond acceptors (Lipinski definition) is 4. The van der Waals surface area contributed by atoms with Gasteiger partial charge in [0.15, 0.2) is 14.9 Å². The molecular weight excluding hydrogens is 226 g/mol. The third-order valence-corrected chi connectivity index (χ3v) is 3.00. The van der Waals surface area contributed by atoms with E-state index < -0.39 is 9.84 Å². The van der Waals surface area contributed by atoms with E-state index in [4.69, 9.17) is 11.6 Å². The Balaban J connectivity index is 2.83. The van der Waals surface area contributed by atoms with Crippen molar-refractivity contribution in [3.63, 3.8) is 0 Å². The molecule has 0 aliphatic rings. The number of pyridine rings is 1. The first kappa shape index (κ1) is 9.42. The van der Waals surface area contributed by atoms with Crippen LogP contribution in [0, 0.1) is 0 Å². The van der Waals surface area contributed by atoms with Gasteiger partial charge in [0, 0.05) is 18.5 Å². The summed E-state index contributed by atoms with van der Waals surface area (Å²) in [5.74, 6) is 0. The molecule has 0 amide bonds. The maximum absolute atomic E-state index is 11.3. The van der Waals surface area contributed by atoms with E-state index >= 15 is 0 Å². The highest BCUT2D eigenvalue weighted by atomic mass is 35.5. The Hall–Kier alpha value is -1.14. The van der Waals surface area contributed by atoms with E-state index in [-0.39, 0.29) is 10.2 Å². The summed E-state index contributed by atoms with van der Waals surface area (Å²) in [6, 6.07) is 1.50. The molecule has 0 aromatic carbocycles. The molecule has 74 valence electrons. The van der Waals surface area contributed by atoms with Crippen LogP contribution < -0.4 is 0 Å². The van der Waals surface area contributed by atoms with E-state index in [0.29, 0.717) is 10.9 Å². The van der Waals surface area contributed by atoms with Crippen molar-refractivity contribution in [2.75, 3.05) is 6.26 Å². The standard InChI is InChI=1S/C7H6ClN3O2S/c1-14(12,13)7-4-3-9-6(8)2-5(4)10-11-7/h2-3H,1H3,(H,10,11). The molecule has 0 unspecified atom stereocenters. The maximum Gasteiger partial charge on any atom is 0.192 e. The Labute approximate surface area is 85.0 Å². The normalized spacial score (nSPS) is 12.1. The SMILES string of the molecule is CS(=O)(=O)c1[nH]nc2cc(Cl)ncc12. The molecule has 1 N–H and O–H groups in total. The smallest absolute Gasteiger partial charge is 0.192 e. The molecule has 0 aliphatic carbocycles. The molecule has 5 nitrogen and oxygen atoms in total. The zero-order valence-corrected chi connectivity index (χ0v) is 8.72. The van der Waals surface area contributed by atoms with Crippen molar-refractivity contribution in [2.45, 2.75) is 5.03 Å². The molecule has 0 saturated carbocycles. The van der Waals surface area contributed by atoms with Crippen LogP contribution in [0.15, 0.2) is 17.3 Å². The number of aromatic nitrogens is 3. The molecular formula is C7H6ClN3O2S. The second-order valence-electron chi connectivity index (χ2n) is 2.85. The van der Waals surface area contributed by atoms with Gasteiger partial charge in [-0.05, 0) is 0 Å². The van der Waals surface area contributed by atoms with Crippen molar-refractivity contribution in [3.05, 3.63) is 17.4 Å². The molecule has 14 heavy (non-hydrogen) atoms. The summed E-state index contributed by atoms with van der Waals surface area (Å²) in [5.41, 5.74) is 0.491. The van der Waals surface area contributed by atoms with Gasteiger partial charge in [-0.25, -0.2) is 13.4 Å². The van der Waals surface area contributed by atoms with E-state index in [1.807, 2.05) is 0 Å². The summed E-state index contributed by atoms with van der Waals surface area (Å²) in [7, 11) is -3.30. The summed E-state index contributed by atoms with van der Waals surface area (Å²) >= 11 is 5.63. The van der Waals surface area contributed by atoms with Crippen LogP contribution in [-0.2, 0) is 9.84 Å². The Morgan fingerprint density at radius 2 is 2.21 bits per heavy atom. The summed E-state index contributed by atoms with van der Waals surface area (Å²) in [5, 5.41) is 7.06. The second kappa shape index (κ2) is 2.93. The van der Waals surface area contributed by atoms with Crippen molar-refractivity contribution >= 4 is 32.3 Å². The van der Waals surface area contributed by atoms with Crippen LogP contribution in [0.2, 0.25) is 5.15 Å². The number of fused-ring (bicyclic) bond motifs is 1. The number of sulfone groups is 1. The molecule has 0 bridgehead atoms. The van der Waals surface area contributed by atoms with Gasteiger partial charge in [-0.15, -0.1) is 0 Å². The van der Waals surface area contributed by atoms with Crippen LogP contribution >= 0.6 is 11.6 Å². The molecule has 2 aromatic rings. The fourth-order valence-corrected chi connectivity index (χ4v) is 2.06. The van der Waals surface area contributed by atoms with E-state index in [1.165, 1.54) is 12.3 Å². The van der Waals surface area contributed by atoms with Crippen LogP contribution in [0.5, 0.6) is 0 Å². The molecule has 0 spiro atoms. The molecule has 0 saturated heterocycles. The summed E-state index contributed by atoms with van der Waals surface area (Å²) in [6.45, 7) is 0. The van der Waals surface area contributed by atoms with Crippen LogP contribution in [0.4, 0.5) is 0 Å². The highest BCUT2D eigenvalue weighted by molar-refractivity contribution is 7.90. The highest BCUT2D eigenvalue weighted by Crippen LogP contribution is 2.20. The fourth-order valence-electron chi connectivity index (χ4n) is 1.14. The molecule has 0 aliphatic heterocycles. The fraction of sp³-hybridized carbons (Fsp3) is 0.143. The van der Waals surface area contributed by atoms with Crippen LogP contribution in [0.3, 0.4) is 0 Å². The van der Waals surface area contributed by atoms with Crippen molar-refractivity contribution < 1.29 is 8.42 Å². The van der Waals surface area contributed by atoms with Gasteiger partial charge in [0.05, 0.1) is 10.9 Å². The number of nitrogens with zero attached hydrogens (tertiary/aromatic N) is 2. The minimum Gasteiger partial charge on any atom is -0.266 e. The molecule has 0 radical (unpaired) electrons. The van der Waals surface area contributed by atoms with Gasteiger partial charge < -0.3 is 0 Å². The van der Waals surface area contributed by atoms with E-state index in [9.17, 15) is 8.42 Å². The third kappa shape index (κ3) is 1.46. The maximum atomic E-state index is 11.3. The summed E-state index contributed by atoms with van der Waals surface area (Å²) in [4.78, 5) is 3.79. The van der Waals surface area contributed by atoms with Crippen molar-refractivity contribution in [1.29, 1.82) is 0 Å². The minimum absolute atomic E-state index is 0.0664. The number of aromatic amines is 1. The topological polar surface area (TPSA) is 75.7 Å². The lowest BCUT2D eigenvalue weighted by Gasteiger charge is -1.93. The first-order valence-electron chi connectivity index (χ1n) is 3.68. The zero-order valence-electron chi connectivity index (χ0n) is 7.15. The Morgan fingerprint density at radius 3 is 2.86 bits per heavy atom. The predicted molar refractivity (Wildman–Crippen MR) is 52.0 cm³/mol. The average molecular weight is 232 g/mol. The lowest BCUT2D eigenvalue weighted by molar-refractivity contribution is 0.598. The number of nitrogens with one attached hydrogen (secondary N) is 1. The van der Waals surface area contributed by atoms with Crippen molar-refractivity contribution in [3.8, 4) is 0 Å². The number of H-pyrrole nitrogens is 1. The predicted octanol–water partition coefficient (Wildman–Crippen LogP) is 1.01. The second-order valence-corrected chi connectivity index (χ2v) is 5.19. The summed E-state index contributed by atoms with van der Waals surface area (Å²) in [6.07, 6.45) is 2.49. The molecule has 0 fully saturated rings. The molecule has 2 heterocycles. The highest BCUT2D eigenvalue weighted by Gasteiger charge is 2.15. The van der Waals surface area contributed by atoms with E-state index in [2.05, 4.69) is 15.2 Å². The minimum atomic E-state index is -3.30. The largest absolute Gasteiger partial charge is 0.266 e. The van der Waals surface area contributed by atoms with Gasteiger partial charge in [0.25, 0.3) is 0 Å². The van der Waals surface area contributed by atoms with E-state index in [0.717, 1.165) is 6.26 Å². The Morgan fingerprint density at radius 1 is 1.50 bits per heavy atom. The Bertz CT molecular complexity index is 590. The van der Waals surface area contributed by atoms with Crippen LogP contribution in [0.25, 0.3) is 10.9 Å². The van der Waals surface area contributed by atoms with Gasteiger partial charge in [0.2, 0.25) is 0 Å². The molecule has 7 heteroatoms. The van der Waals surface area contributed by atoms with Gasteiger partial charge in [-0.3, -0.25) is 5.10 Å². The quantitative estimate of drug-likeness (QED) is 0.744. The molecule has 2 aromatic heterocycles. The lowest BCUT2D eigenvalue weighted by atomic mass is 10.3. The van der Waals surface area contributed by atoms with Gasteiger partial charge in [-0.2, -0.15) is 5.10 Å². The van der Waals surface area contributed by atoms with Gasteiger partial charge >= 0.3 is 0 Å². The number of hydrogen-bond donors (Lipinski definition) is 1. The monoisotopic (exact) mass is 231 g/mol. The third-order valence-electron chi connectivity index (χ3n) is 1.74. The molecule has 2 rings (SSSR count). The zero-order chi connectivity index (χ0) is 10.3. The average Bonchev–Trinajstić information content (AvgIpc) is 2.45. The molecule has 0 atom stereocenters. The van der Waals surface area contributed by atoms with Crippen LogP contribution in [0.1, 0.15) is 0 Å².